The molecule has 9 heavy (non-hydrogen) atoms. The van der Waals surface area contributed by atoms with Crippen LogP contribution in [0.2, 0.25) is 0 Å². The monoisotopic (exact) mass is 146 g/mol. The molecular formula is C6H11O2P. The molecule has 0 spiro atoms. The molecule has 1 aliphatic heterocycles. The number of Topliss-reactive ketones (excluding diaryl/α,β-unsaturated/α-hetero) is 1. The Hall–Kier alpha value is 0.0600. The van der Waals surface area contributed by atoms with Gasteiger partial charge in [-0.1, -0.05) is 0 Å². The van der Waals surface area contributed by atoms with E-state index in [0.717, 1.165) is 25.2 Å². The van der Waals surface area contributed by atoms with Crippen LogP contribution in [0.25, 0.3) is 0 Å². The molecule has 1 rings (SSSR count). The van der Waals surface area contributed by atoms with Crippen molar-refractivity contribution in [2.45, 2.75) is 12.8 Å². The van der Waals surface area contributed by atoms with E-state index in [1.54, 1.807) is 7.11 Å². The van der Waals surface area contributed by atoms with Crippen LogP contribution >= 0.6 is 8.15 Å². The van der Waals surface area contributed by atoms with Gasteiger partial charge in [-0.15, -0.1) is 0 Å². The minimum Gasteiger partial charge on any atom is -0.362 e. The zero-order valence-electron chi connectivity index (χ0n) is 5.59. The molecule has 0 unspecified atom stereocenters. The first kappa shape index (κ1) is 7.17. The highest BCUT2D eigenvalue weighted by Gasteiger charge is 2.17. The Labute approximate surface area is 56.4 Å². The van der Waals surface area contributed by atoms with Crippen LogP contribution < -0.4 is 0 Å². The predicted molar refractivity (Wildman–Crippen MR) is 37.9 cm³/mol. The predicted octanol–water partition coefficient (Wildman–Crippen LogP) is 1.39. The van der Waals surface area contributed by atoms with Gasteiger partial charge in [-0.05, 0) is 12.3 Å². The molecule has 0 N–H and O–H groups in total. The minimum atomic E-state index is -0.217. The molecule has 0 aromatic heterocycles. The van der Waals surface area contributed by atoms with E-state index in [-0.39, 0.29) is 8.15 Å². The van der Waals surface area contributed by atoms with Crippen LogP contribution in [0.3, 0.4) is 0 Å². The van der Waals surface area contributed by atoms with E-state index < -0.39 is 0 Å². The van der Waals surface area contributed by atoms with E-state index >= 15 is 0 Å². The van der Waals surface area contributed by atoms with Gasteiger partial charge in [0.05, 0.1) is 0 Å². The maximum Gasteiger partial charge on any atom is 0.133 e. The van der Waals surface area contributed by atoms with Crippen LogP contribution in [0.4, 0.5) is 0 Å². The summed E-state index contributed by atoms with van der Waals surface area (Å²) in [4.78, 5) is 10.7. The van der Waals surface area contributed by atoms with E-state index in [4.69, 9.17) is 4.52 Å². The van der Waals surface area contributed by atoms with Gasteiger partial charge < -0.3 is 4.52 Å². The Bertz CT molecular complexity index is 104. The number of rotatable bonds is 1. The highest BCUT2D eigenvalue weighted by molar-refractivity contribution is 7.52. The molecule has 52 valence electrons. The number of ketones is 1. The van der Waals surface area contributed by atoms with Crippen molar-refractivity contribution in [2.24, 2.45) is 0 Å². The average Bonchev–Trinajstić information content (AvgIpc) is 1.90. The highest BCUT2D eigenvalue weighted by Crippen LogP contribution is 2.40. The summed E-state index contributed by atoms with van der Waals surface area (Å²) in [6, 6.07) is 0. The van der Waals surface area contributed by atoms with Gasteiger partial charge in [-0.3, -0.25) is 4.79 Å². The molecule has 0 aromatic rings. The van der Waals surface area contributed by atoms with Gasteiger partial charge in [0, 0.05) is 28.1 Å². The van der Waals surface area contributed by atoms with Gasteiger partial charge in [-0.25, -0.2) is 0 Å². The third kappa shape index (κ3) is 2.04. The fraction of sp³-hybridized carbons (Fsp3) is 0.833. The van der Waals surface area contributed by atoms with Crippen LogP contribution in [0.15, 0.2) is 0 Å². The van der Waals surface area contributed by atoms with Crippen molar-refractivity contribution in [3.8, 4) is 0 Å². The molecule has 1 heterocycles. The largest absolute Gasteiger partial charge is 0.362 e. The molecule has 1 aliphatic rings. The van der Waals surface area contributed by atoms with Crippen molar-refractivity contribution in [1.29, 1.82) is 0 Å². The molecule has 1 saturated heterocycles. The SMILES string of the molecule is COP1CCC(=O)CC1. The topological polar surface area (TPSA) is 26.3 Å². The Morgan fingerprint density at radius 2 is 2.00 bits per heavy atom. The van der Waals surface area contributed by atoms with Gasteiger partial charge >= 0.3 is 0 Å². The Balaban J connectivity index is 2.26. The van der Waals surface area contributed by atoms with Gasteiger partial charge in [0.1, 0.15) is 5.78 Å². The summed E-state index contributed by atoms with van der Waals surface area (Å²) in [6.45, 7) is 0. The second-order valence-corrected chi connectivity index (χ2v) is 4.37. The van der Waals surface area contributed by atoms with E-state index in [0.29, 0.717) is 5.78 Å². The second kappa shape index (κ2) is 3.28. The van der Waals surface area contributed by atoms with E-state index in [9.17, 15) is 4.79 Å². The molecule has 0 aromatic carbocycles. The van der Waals surface area contributed by atoms with Crippen LogP contribution in [0, 0.1) is 0 Å². The van der Waals surface area contributed by atoms with Crippen LogP contribution in [-0.4, -0.2) is 25.2 Å². The first-order valence-electron chi connectivity index (χ1n) is 3.13. The zero-order valence-corrected chi connectivity index (χ0v) is 6.49. The lowest BCUT2D eigenvalue weighted by Gasteiger charge is -2.18. The third-order valence-electron chi connectivity index (χ3n) is 1.54. The Morgan fingerprint density at radius 3 is 2.44 bits per heavy atom. The fourth-order valence-electron chi connectivity index (χ4n) is 0.918. The molecule has 0 aliphatic carbocycles. The number of hydrogen-bond donors (Lipinski definition) is 0. The number of carbonyl (C=O) groups is 1. The zero-order chi connectivity index (χ0) is 6.69. The second-order valence-electron chi connectivity index (χ2n) is 2.15. The molecule has 0 atom stereocenters. The molecule has 3 heteroatoms. The maximum atomic E-state index is 10.7. The summed E-state index contributed by atoms with van der Waals surface area (Å²) in [5.41, 5.74) is 0. The van der Waals surface area contributed by atoms with Crippen molar-refractivity contribution >= 4 is 13.9 Å². The van der Waals surface area contributed by atoms with Crippen LogP contribution in [0.1, 0.15) is 12.8 Å². The first-order chi connectivity index (χ1) is 4.33. The van der Waals surface area contributed by atoms with Crippen molar-refractivity contribution in [3.05, 3.63) is 0 Å². The van der Waals surface area contributed by atoms with E-state index in [1.807, 2.05) is 0 Å². The number of carbonyl (C=O) groups excluding carboxylic acids is 1. The lowest BCUT2D eigenvalue weighted by atomic mass is 10.2. The molecule has 0 saturated carbocycles. The molecule has 1 fully saturated rings. The van der Waals surface area contributed by atoms with Crippen LogP contribution in [0.5, 0.6) is 0 Å². The van der Waals surface area contributed by atoms with E-state index in [1.165, 1.54) is 0 Å². The smallest absolute Gasteiger partial charge is 0.133 e. The third-order valence-corrected chi connectivity index (χ3v) is 3.50. The Morgan fingerprint density at radius 1 is 1.44 bits per heavy atom. The standard InChI is InChI=1S/C6H11O2P/c1-8-9-4-2-6(7)3-5-9/h2-5H2,1H3. The highest BCUT2D eigenvalue weighted by atomic mass is 31.1. The minimum absolute atomic E-state index is 0.217. The summed E-state index contributed by atoms with van der Waals surface area (Å²) >= 11 is 0. The Kier molecular flexibility index (Phi) is 2.62. The quantitative estimate of drug-likeness (QED) is 0.522. The van der Waals surface area contributed by atoms with Gasteiger partial charge in [0.15, 0.2) is 0 Å². The molecule has 0 amide bonds. The average molecular weight is 146 g/mol. The lowest BCUT2D eigenvalue weighted by molar-refractivity contribution is -0.118. The fourth-order valence-corrected chi connectivity index (χ4v) is 2.50. The summed E-state index contributed by atoms with van der Waals surface area (Å²) in [5.74, 6) is 0.408. The van der Waals surface area contributed by atoms with Crippen molar-refractivity contribution in [1.82, 2.24) is 0 Å². The van der Waals surface area contributed by atoms with Crippen LogP contribution in [-0.2, 0) is 9.32 Å². The molecule has 0 radical (unpaired) electrons. The summed E-state index contributed by atoms with van der Waals surface area (Å²) in [5, 5.41) is 0. The van der Waals surface area contributed by atoms with Crippen molar-refractivity contribution < 1.29 is 9.32 Å². The molecule has 0 bridgehead atoms. The van der Waals surface area contributed by atoms with Crippen molar-refractivity contribution in [3.63, 3.8) is 0 Å². The normalized spacial score (nSPS) is 22.6. The summed E-state index contributed by atoms with van der Waals surface area (Å²) in [6.07, 6.45) is 3.48. The first-order valence-corrected chi connectivity index (χ1v) is 4.76. The van der Waals surface area contributed by atoms with Crippen molar-refractivity contribution in [2.75, 3.05) is 19.4 Å². The van der Waals surface area contributed by atoms with Gasteiger partial charge in [-0.2, -0.15) is 0 Å². The summed E-state index contributed by atoms with van der Waals surface area (Å²) < 4.78 is 5.15. The summed E-state index contributed by atoms with van der Waals surface area (Å²) in [7, 11) is 1.52. The molecule has 2 nitrogen and oxygen atoms in total. The van der Waals surface area contributed by atoms with Gasteiger partial charge in [0.2, 0.25) is 0 Å². The number of hydrogen-bond acceptors (Lipinski definition) is 2. The molecular weight excluding hydrogens is 135 g/mol. The van der Waals surface area contributed by atoms with Gasteiger partial charge in [0.25, 0.3) is 0 Å². The van der Waals surface area contributed by atoms with E-state index in [2.05, 4.69) is 0 Å². The lowest BCUT2D eigenvalue weighted by Crippen LogP contribution is -2.10. The maximum absolute atomic E-state index is 10.7.